The van der Waals surface area contributed by atoms with Gasteiger partial charge in [0.1, 0.15) is 6.54 Å². The fourth-order valence-corrected chi connectivity index (χ4v) is 1.67. The van der Waals surface area contributed by atoms with Gasteiger partial charge >= 0.3 is 0 Å². The Bertz CT molecular complexity index is 687. The summed E-state index contributed by atoms with van der Waals surface area (Å²) < 4.78 is 7.21. The van der Waals surface area contributed by atoms with E-state index in [4.69, 9.17) is 10.2 Å². The minimum atomic E-state index is 0.357. The molecule has 2 N–H and O–H groups in total. The fraction of sp³-hybridized carbons (Fsp3) is 0.167. The molecule has 1 aromatic carbocycles. The average molecular weight is 256 g/mol. The summed E-state index contributed by atoms with van der Waals surface area (Å²) in [6, 6.07) is 9.59. The summed E-state index contributed by atoms with van der Waals surface area (Å²) in [5.74, 6) is 1.36. The summed E-state index contributed by atoms with van der Waals surface area (Å²) in [6.07, 6.45) is 0. The van der Waals surface area contributed by atoms with E-state index < -0.39 is 0 Å². The van der Waals surface area contributed by atoms with Crippen LogP contribution in [0, 0.1) is 6.92 Å². The summed E-state index contributed by atoms with van der Waals surface area (Å²) in [5.41, 5.74) is 7.29. The van der Waals surface area contributed by atoms with Gasteiger partial charge in [0.2, 0.25) is 11.8 Å². The molecule has 0 bridgehead atoms. The van der Waals surface area contributed by atoms with Gasteiger partial charge in [-0.15, -0.1) is 15.3 Å². The second kappa shape index (κ2) is 4.52. The van der Waals surface area contributed by atoms with Gasteiger partial charge in [-0.3, -0.25) is 0 Å². The summed E-state index contributed by atoms with van der Waals surface area (Å²) in [6.45, 7) is 2.19. The Hall–Kier alpha value is -2.70. The van der Waals surface area contributed by atoms with Crippen LogP contribution in [0.3, 0.4) is 0 Å². The molecule has 3 aromatic rings. The number of hydrogen-bond donors (Lipinski definition) is 1. The molecule has 7 heteroatoms. The highest BCUT2D eigenvalue weighted by Gasteiger charge is 2.11. The summed E-state index contributed by atoms with van der Waals surface area (Å²) in [4.78, 5) is 0. The lowest BCUT2D eigenvalue weighted by Gasteiger charge is -1.98. The number of rotatable bonds is 3. The lowest BCUT2D eigenvalue weighted by Crippen LogP contribution is -2.04. The van der Waals surface area contributed by atoms with E-state index in [2.05, 4.69) is 20.5 Å². The molecule has 7 nitrogen and oxygen atoms in total. The van der Waals surface area contributed by atoms with Gasteiger partial charge in [0.15, 0.2) is 5.82 Å². The largest absolute Gasteiger partial charge is 0.419 e. The molecule has 0 unspecified atom stereocenters. The van der Waals surface area contributed by atoms with Crippen molar-refractivity contribution >= 4 is 5.82 Å². The van der Waals surface area contributed by atoms with Crippen molar-refractivity contribution in [1.82, 2.24) is 25.2 Å². The first-order valence-electron chi connectivity index (χ1n) is 5.77. The van der Waals surface area contributed by atoms with Gasteiger partial charge < -0.3 is 10.2 Å². The Balaban J connectivity index is 1.84. The molecule has 0 fully saturated rings. The SMILES string of the molecule is Cc1c(N)nnn1Cc1nnc(-c2ccccc2)o1. The van der Waals surface area contributed by atoms with E-state index in [9.17, 15) is 0 Å². The molecule has 0 radical (unpaired) electrons. The topological polar surface area (TPSA) is 95.7 Å². The van der Waals surface area contributed by atoms with E-state index >= 15 is 0 Å². The molecule has 96 valence electrons. The van der Waals surface area contributed by atoms with E-state index in [0.29, 0.717) is 24.1 Å². The first kappa shape index (κ1) is 11.4. The lowest BCUT2D eigenvalue weighted by atomic mass is 10.2. The van der Waals surface area contributed by atoms with Crippen LogP contribution in [0.25, 0.3) is 11.5 Å². The molecule has 0 aliphatic heterocycles. The zero-order valence-corrected chi connectivity index (χ0v) is 10.3. The maximum Gasteiger partial charge on any atom is 0.247 e. The Morgan fingerprint density at radius 1 is 1.16 bits per heavy atom. The van der Waals surface area contributed by atoms with E-state index in [1.165, 1.54) is 0 Å². The summed E-state index contributed by atoms with van der Waals surface area (Å²) in [5, 5.41) is 15.7. The van der Waals surface area contributed by atoms with Gasteiger partial charge in [-0.1, -0.05) is 23.4 Å². The Kier molecular flexibility index (Phi) is 2.71. The maximum atomic E-state index is 5.63. The molecule has 0 saturated carbocycles. The molecule has 0 atom stereocenters. The van der Waals surface area contributed by atoms with Gasteiger partial charge in [-0.05, 0) is 19.1 Å². The van der Waals surface area contributed by atoms with Crippen LogP contribution in [0.5, 0.6) is 0 Å². The second-order valence-electron chi connectivity index (χ2n) is 4.08. The average Bonchev–Trinajstić information content (AvgIpc) is 3.02. The van der Waals surface area contributed by atoms with Crippen LogP contribution in [-0.4, -0.2) is 25.2 Å². The zero-order chi connectivity index (χ0) is 13.2. The van der Waals surface area contributed by atoms with Crippen LogP contribution < -0.4 is 5.73 Å². The number of nitrogen functional groups attached to an aromatic ring is 1. The fourth-order valence-electron chi connectivity index (χ4n) is 1.67. The quantitative estimate of drug-likeness (QED) is 0.758. The third kappa shape index (κ3) is 2.17. The monoisotopic (exact) mass is 256 g/mol. The zero-order valence-electron chi connectivity index (χ0n) is 10.3. The maximum absolute atomic E-state index is 5.63. The lowest BCUT2D eigenvalue weighted by molar-refractivity contribution is 0.465. The highest BCUT2D eigenvalue weighted by molar-refractivity contribution is 5.51. The van der Waals surface area contributed by atoms with Crippen molar-refractivity contribution in [3.05, 3.63) is 41.9 Å². The number of nitrogens with two attached hydrogens (primary N) is 1. The summed E-state index contributed by atoms with van der Waals surface area (Å²) in [7, 11) is 0. The third-order valence-electron chi connectivity index (χ3n) is 2.79. The van der Waals surface area contributed by atoms with Crippen LogP contribution in [0.1, 0.15) is 11.6 Å². The number of anilines is 1. The molecule has 0 saturated heterocycles. The molecular formula is C12H12N6O. The smallest absolute Gasteiger partial charge is 0.247 e. The second-order valence-corrected chi connectivity index (χ2v) is 4.08. The van der Waals surface area contributed by atoms with Crippen molar-refractivity contribution in [3.63, 3.8) is 0 Å². The summed E-state index contributed by atoms with van der Waals surface area (Å²) >= 11 is 0. The predicted octanol–water partition coefficient (Wildman–Crippen LogP) is 1.27. The van der Waals surface area contributed by atoms with Crippen LogP contribution in [0.4, 0.5) is 5.82 Å². The van der Waals surface area contributed by atoms with Gasteiger partial charge in [0.25, 0.3) is 0 Å². The standard InChI is InChI=1S/C12H12N6O/c1-8-11(13)15-17-18(8)7-10-14-16-12(19-10)9-5-3-2-4-6-9/h2-6H,7,13H2,1H3. The first-order chi connectivity index (χ1) is 9.24. The van der Waals surface area contributed by atoms with Crippen molar-refractivity contribution in [1.29, 1.82) is 0 Å². The molecule has 3 rings (SSSR count). The van der Waals surface area contributed by atoms with Crippen molar-refractivity contribution in [2.24, 2.45) is 0 Å². The van der Waals surface area contributed by atoms with Crippen LogP contribution >= 0.6 is 0 Å². The third-order valence-corrected chi connectivity index (χ3v) is 2.79. The van der Waals surface area contributed by atoms with Gasteiger partial charge in [0.05, 0.1) is 5.69 Å². The number of nitrogens with zero attached hydrogens (tertiary/aromatic N) is 5. The van der Waals surface area contributed by atoms with Gasteiger partial charge in [-0.25, -0.2) is 4.68 Å². The van der Waals surface area contributed by atoms with E-state index in [1.807, 2.05) is 37.3 Å². The molecule has 19 heavy (non-hydrogen) atoms. The predicted molar refractivity (Wildman–Crippen MR) is 68.0 cm³/mol. The molecule has 2 aromatic heterocycles. The highest BCUT2D eigenvalue weighted by atomic mass is 16.4. The van der Waals surface area contributed by atoms with Crippen LogP contribution in [-0.2, 0) is 6.54 Å². The molecule has 0 aliphatic carbocycles. The minimum Gasteiger partial charge on any atom is -0.419 e. The molecule has 2 heterocycles. The Morgan fingerprint density at radius 2 is 1.95 bits per heavy atom. The Morgan fingerprint density at radius 3 is 2.63 bits per heavy atom. The molecular weight excluding hydrogens is 244 g/mol. The van der Waals surface area contributed by atoms with Crippen molar-refractivity contribution < 1.29 is 4.42 Å². The normalized spacial score (nSPS) is 10.8. The number of hydrogen-bond acceptors (Lipinski definition) is 6. The van der Waals surface area contributed by atoms with E-state index in [0.717, 1.165) is 11.3 Å². The van der Waals surface area contributed by atoms with Gasteiger partial charge in [-0.2, -0.15) is 0 Å². The Labute approximate surface area is 109 Å². The van der Waals surface area contributed by atoms with Crippen LogP contribution in [0.2, 0.25) is 0 Å². The molecule has 0 amide bonds. The van der Waals surface area contributed by atoms with Crippen molar-refractivity contribution in [2.75, 3.05) is 5.73 Å². The first-order valence-corrected chi connectivity index (χ1v) is 5.77. The van der Waals surface area contributed by atoms with Gasteiger partial charge in [0, 0.05) is 5.56 Å². The highest BCUT2D eigenvalue weighted by Crippen LogP contribution is 2.17. The van der Waals surface area contributed by atoms with Crippen molar-refractivity contribution in [2.45, 2.75) is 13.5 Å². The number of aromatic nitrogens is 5. The van der Waals surface area contributed by atoms with Crippen LogP contribution in [0.15, 0.2) is 34.7 Å². The minimum absolute atomic E-state index is 0.357. The molecule has 0 spiro atoms. The van der Waals surface area contributed by atoms with Crippen molar-refractivity contribution in [3.8, 4) is 11.5 Å². The van der Waals surface area contributed by atoms with E-state index in [1.54, 1.807) is 4.68 Å². The number of benzene rings is 1. The van der Waals surface area contributed by atoms with E-state index in [-0.39, 0.29) is 0 Å². The molecule has 0 aliphatic rings.